The SMILES string of the molecule is CCSc1ccc(C2CC(O)=CC(=O)O2)cc1. The topological polar surface area (TPSA) is 46.5 Å². The molecule has 0 aliphatic carbocycles. The van der Waals surface area contributed by atoms with Gasteiger partial charge in [0.2, 0.25) is 0 Å². The lowest BCUT2D eigenvalue weighted by atomic mass is 10.0. The van der Waals surface area contributed by atoms with E-state index < -0.39 is 5.97 Å². The van der Waals surface area contributed by atoms with Crippen molar-refractivity contribution in [3.63, 3.8) is 0 Å². The van der Waals surface area contributed by atoms with E-state index in [2.05, 4.69) is 6.92 Å². The van der Waals surface area contributed by atoms with E-state index in [4.69, 9.17) is 4.74 Å². The van der Waals surface area contributed by atoms with Gasteiger partial charge in [-0.05, 0) is 23.4 Å². The molecule has 1 aliphatic rings. The summed E-state index contributed by atoms with van der Waals surface area (Å²) in [4.78, 5) is 12.4. The van der Waals surface area contributed by atoms with E-state index in [-0.39, 0.29) is 11.9 Å². The molecule has 1 aliphatic heterocycles. The summed E-state index contributed by atoms with van der Waals surface area (Å²) < 4.78 is 5.16. The minimum atomic E-state index is -0.481. The van der Waals surface area contributed by atoms with Crippen LogP contribution in [0.15, 0.2) is 41.0 Å². The van der Waals surface area contributed by atoms with Crippen molar-refractivity contribution >= 4 is 17.7 Å². The van der Waals surface area contributed by atoms with E-state index in [9.17, 15) is 9.90 Å². The van der Waals surface area contributed by atoms with Gasteiger partial charge in [-0.2, -0.15) is 0 Å². The highest BCUT2D eigenvalue weighted by atomic mass is 32.2. The lowest BCUT2D eigenvalue weighted by Crippen LogP contribution is -2.15. The van der Waals surface area contributed by atoms with Crippen molar-refractivity contribution in [3.05, 3.63) is 41.7 Å². The van der Waals surface area contributed by atoms with Gasteiger partial charge in [-0.25, -0.2) is 4.79 Å². The summed E-state index contributed by atoms with van der Waals surface area (Å²) in [7, 11) is 0. The number of ether oxygens (including phenoxy) is 1. The molecule has 1 unspecified atom stereocenters. The van der Waals surface area contributed by atoms with Crippen molar-refractivity contribution in [2.75, 3.05) is 5.75 Å². The van der Waals surface area contributed by atoms with Crippen molar-refractivity contribution in [2.45, 2.75) is 24.3 Å². The third-order valence-electron chi connectivity index (χ3n) is 2.50. The first-order valence-electron chi connectivity index (χ1n) is 5.52. The molecule has 4 heteroatoms. The number of cyclic esters (lactones) is 1. The molecule has 0 bridgehead atoms. The maximum absolute atomic E-state index is 11.2. The molecular weight excluding hydrogens is 236 g/mol. The van der Waals surface area contributed by atoms with Gasteiger partial charge in [0.15, 0.2) is 0 Å². The Balaban J connectivity index is 2.12. The number of hydrogen-bond donors (Lipinski definition) is 1. The highest BCUT2D eigenvalue weighted by Gasteiger charge is 2.22. The molecule has 0 aromatic heterocycles. The lowest BCUT2D eigenvalue weighted by molar-refractivity contribution is -0.145. The van der Waals surface area contributed by atoms with Crippen LogP contribution in [0.4, 0.5) is 0 Å². The number of aliphatic hydroxyl groups excluding tert-OH is 1. The normalized spacial score (nSPS) is 19.7. The summed E-state index contributed by atoms with van der Waals surface area (Å²) in [6.07, 6.45) is 1.11. The number of carbonyl (C=O) groups is 1. The van der Waals surface area contributed by atoms with Crippen LogP contribution in [0.1, 0.15) is 25.0 Å². The molecule has 1 atom stereocenters. The van der Waals surface area contributed by atoms with Crippen LogP contribution in [0.25, 0.3) is 0 Å². The van der Waals surface area contributed by atoms with Gasteiger partial charge in [0.1, 0.15) is 11.9 Å². The molecule has 0 amide bonds. The molecule has 17 heavy (non-hydrogen) atoms. The average Bonchev–Trinajstić information content (AvgIpc) is 2.29. The first-order chi connectivity index (χ1) is 8.19. The van der Waals surface area contributed by atoms with Crippen molar-refractivity contribution in [1.29, 1.82) is 0 Å². The third-order valence-corrected chi connectivity index (χ3v) is 3.39. The van der Waals surface area contributed by atoms with Gasteiger partial charge in [-0.1, -0.05) is 19.1 Å². The Kier molecular flexibility index (Phi) is 3.74. The Morgan fingerprint density at radius 1 is 1.41 bits per heavy atom. The Labute approximate surface area is 104 Å². The molecule has 2 rings (SSSR count). The molecule has 1 N–H and O–H groups in total. The fourth-order valence-electron chi connectivity index (χ4n) is 1.73. The quantitative estimate of drug-likeness (QED) is 0.661. The molecule has 0 radical (unpaired) electrons. The number of benzene rings is 1. The van der Waals surface area contributed by atoms with E-state index in [1.54, 1.807) is 11.8 Å². The van der Waals surface area contributed by atoms with Gasteiger partial charge in [0.05, 0.1) is 6.08 Å². The van der Waals surface area contributed by atoms with E-state index in [0.29, 0.717) is 6.42 Å². The van der Waals surface area contributed by atoms with Gasteiger partial charge in [0.25, 0.3) is 0 Å². The van der Waals surface area contributed by atoms with Gasteiger partial charge >= 0.3 is 5.97 Å². The third kappa shape index (κ3) is 3.03. The molecular formula is C13H14O3S. The van der Waals surface area contributed by atoms with Gasteiger partial charge in [0, 0.05) is 11.3 Å². The molecule has 0 spiro atoms. The minimum absolute atomic E-state index is 0.0817. The van der Waals surface area contributed by atoms with Crippen LogP contribution in [-0.4, -0.2) is 16.8 Å². The zero-order valence-electron chi connectivity index (χ0n) is 9.55. The number of carbonyl (C=O) groups excluding carboxylic acids is 1. The predicted molar refractivity (Wildman–Crippen MR) is 67.0 cm³/mol. The largest absolute Gasteiger partial charge is 0.512 e. The van der Waals surface area contributed by atoms with E-state index in [1.165, 1.54) is 4.90 Å². The summed E-state index contributed by atoms with van der Waals surface area (Å²) in [5, 5.41) is 9.41. The van der Waals surface area contributed by atoms with Crippen LogP contribution in [-0.2, 0) is 9.53 Å². The zero-order valence-corrected chi connectivity index (χ0v) is 10.4. The first kappa shape index (κ1) is 12.0. The highest BCUT2D eigenvalue weighted by molar-refractivity contribution is 7.99. The van der Waals surface area contributed by atoms with E-state index in [0.717, 1.165) is 17.4 Å². The molecule has 3 nitrogen and oxygen atoms in total. The van der Waals surface area contributed by atoms with Crippen molar-refractivity contribution in [3.8, 4) is 0 Å². The Morgan fingerprint density at radius 2 is 2.12 bits per heavy atom. The summed E-state index contributed by atoms with van der Waals surface area (Å²) in [6.45, 7) is 2.10. The smallest absolute Gasteiger partial charge is 0.334 e. The van der Waals surface area contributed by atoms with Crippen LogP contribution < -0.4 is 0 Å². The molecule has 0 saturated carbocycles. The number of esters is 1. The number of aliphatic hydroxyl groups is 1. The predicted octanol–water partition coefficient (Wildman–Crippen LogP) is 3.23. The summed E-state index contributed by atoms with van der Waals surface area (Å²) >= 11 is 1.76. The Hall–Kier alpha value is -1.42. The summed E-state index contributed by atoms with van der Waals surface area (Å²) in [5.41, 5.74) is 0.915. The molecule has 1 aromatic carbocycles. The summed E-state index contributed by atoms with van der Waals surface area (Å²) in [6, 6.07) is 7.89. The van der Waals surface area contributed by atoms with Crippen LogP contribution in [0.2, 0.25) is 0 Å². The Bertz CT molecular complexity index is 436. The second-order valence-corrected chi connectivity index (χ2v) is 5.10. The fourth-order valence-corrected chi connectivity index (χ4v) is 2.39. The van der Waals surface area contributed by atoms with Gasteiger partial charge in [-0.3, -0.25) is 0 Å². The zero-order chi connectivity index (χ0) is 12.3. The van der Waals surface area contributed by atoms with E-state index >= 15 is 0 Å². The molecule has 0 saturated heterocycles. The van der Waals surface area contributed by atoms with Gasteiger partial charge < -0.3 is 9.84 Å². The summed E-state index contributed by atoms with van der Waals surface area (Å²) in [5.74, 6) is 0.630. The molecule has 0 fully saturated rings. The number of rotatable bonds is 3. The standard InChI is InChI=1S/C13H14O3S/c1-2-17-11-5-3-9(4-6-11)12-7-10(14)8-13(15)16-12/h3-6,8,12,14H,2,7H2,1H3. The minimum Gasteiger partial charge on any atom is -0.512 e. The van der Waals surface area contributed by atoms with Crippen LogP contribution >= 0.6 is 11.8 Å². The highest BCUT2D eigenvalue weighted by Crippen LogP contribution is 2.29. The van der Waals surface area contributed by atoms with Crippen molar-refractivity contribution in [2.24, 2.45) is 0 Å². The van der Waals surface area contributed by atoms with Crippen LogP contribution in [0.3, 0.4) is 0 Å². The van der Waals surface area contributed by atoms with Crippen molar-refractivity contribution in [1.82, 2.24) is 0 Å². The number of thioether (sulfide) groups is 1. The van der Waals surface area contributed by atoms with Crippen LogP contribution in [0.5, 0.6) is 0 Å². The second-order valence-electron chi connectivity index (χ2n) is 3.77. The molecule has 90 valence electrons. The maximum atomic E-state index is 11.2. The molecule has 1 aromatic rings. The average molecular weight is 250 g/mol. The maximum Gasteiger partial charge on any atom is 0.334 e. The van der Waals surface area contributed by atoms with Crippen LogP contribution in [0, 0.1) is 0 Å². The number of hydrogen-bond acceptors (Lipinski definition) is 4. The first-order valence-corrected chi connectivity index (χ1v) is 6.50. The second kappa shape index (κ2) is 5.27. The Morgan fingerprint density at radius 3 is 2.71 bits per heavy atom. The van der Waals surface area contributed by atoms with E-state index in [1.807, 2.05) is 24.3 Å². The van der Waals surface area contributed by atoms with Crippen molar-refractivity contribution < 1.29 is 14.6 Å². The lowest BCUT2D eigenvalue weighted by Gasteiger charge is -2.20. The van der Waals surface area contributed by atoms with Gasteiger partial charge in [-0.15, -0.1) is 11.8 Å². The fraction of sp³-hybridized carbons (Fsp3) is 0.308. The monoisotopic (exact) mass is 250 g/mol. The molecule has 1 heterocycles.